The topological polar surface area (TPSA) is 108 Å². The van der Waals surface area contributed by atoms with Crippen molar-refractivity contribution in [3.05, 3.63) is 39.3 Å². The summed E-state index contributed by atoms with van der Waals surface area (Å²) in [6, 6.07) is 6.74. The molecule has 0 bridgehead atoms. The van der Waals surface area contributed by atoms with Crippen LogP contribution in [0.2, 0.25) is 5.02 Å². The molecule has 26 heavy (non-hydrogen) atoms. The van der Waals surface area contributed by atoms with Crippen LogP contribution in [0.5, 0.6) is 5.88 Å². The molecule has 10 heteroatoms. The highest BCUT2D eigenvalue weighted by molar-refractivity contribution is 9.10. The highest BCUT2D eigenvalue weighted by Crippen LogP contribution is 2.30. The van der Waals surface area contributed by atoms with Gasteiger partial charge in [-0.2, -0.15) is 0 Å². The van der Waals surface area contributed by atoms with E-state index in [1.807, 2.05) is 0 Å². The molecule has 0 aliphatic carbocycles. The Morgan fingerprint density at radius 2 is 2.00 bits per heavy atom. The van der Waals surface area contributed by atoms with Gasteiger partial charge in [0.1, 0.15) is 10.3 Å². The number of aromatic amines is 1. The van der Waals surface area contributed by atoms with Gasteiger partial charge < -0.3 is 20.7 Å². The van der Waals surface area contributed by atoms with Gasteiger partial charge in [-0.3, -0.25) is 9.89 Å². The number of piperidine rings is 1. The fourth-order valence-electron chi connectivity index (χ4n) is 2.54. The van der Waals surface area contributed by atoms with Gasteiger partial charge in [0.2, 0.25) is 0 Å². The van der Waals surface area contributed by atoms with Crippen molar-refractivity contribution >= 4 is 45.3 Å². The van der Waals surface area contributed by atoms with E-state index in [0.717, 1.165) is 25.9 Å². The summed E-state index contributed by atoms with van der Waals surface area (Å²) in [6.07, 6.45) is 1.10. The molecule has 0 unspecified atom stereocenters. The summed E-state index contributed by atoms with van der Waals surface area (Å²) in [4.78, 5) is 24.3. The standard InChI is InChI=1S/C16H17BrClN5O3/c17-12-13(21-14(24)10-3-1-2-4-11(10)18)22-23-15(12)26-16(25)20-9-5-7-19-8-6-9/h1-4,9,19H,5-8H2,(H,20,25)(H2,21,22,23,24). The van der Waals surface area contributed by atoms with E-state index < -0.39 is 12.0 Å². The lowest BCUT2D eigenvalue weighted by molar-refractivity contribution is 0.102. The lowest BCUT2D eigenvalue weighted by Gasteiger charge is -2.22. The molecule has 1 saturated heterocycles. The molecule has 0 atom stereocenters. The van der Waals surface area contributed by atoms with E-state index in [4.69, 9.17) is 16.3 Å². The minimum absolute atomic E-state index is 0.0332. The van der Waals surface area contributed by atoms with Crippen LogP contribution in [0.1, 0.15) is 23.2 Å². The van der Waals surface area contributed by atoms with E-state index in [1.54, 1.807) is 24.3 Å². The van der Waals surface area contributed by atoms with Gasteiger partial charge in [0.05, 0.1) is 10.6 Å². The highest BCUT2D eigenvalue weighted by atomic mass is 79.9. The van der Waals surface area contributed by atoms with Crippen LogP contribution in [0, 0.1) is 0 Å². The molecular weight excluding hydrogens is 426 g/mol. The Hall–Kier alpha value is -2.10. The number of nitrogens with zero attached hydrogens (tertiary/aromatic N) is 1. The molecule has 138 valence electrons. The molecule has 1 aliphatic heterocycles. The van der Waals surface area contributed by atoms with Crippen molar-refractivity contribution in [2.75, 3.05) is 18.4 Å². The second-order valence-electron chi connectivity index (χ2n) is 5.71. The number of ether oxygens (including phenoxy) is 1. The fraction of sp³-hybridized carbons (Fsp3) is 0.312. The molecule has 0 radical (unpaired) electrons. The first-order chi connectivity index (χ1) is 12.5. The largest absolute Gasteiger partial charge is 0.414 e. The second kappa shape index (κ2) is 8.52. The van der Waals surface area contributed by atoms with Crippen LogP contribution >= 0.6 is 27.5 Å². The van der Waals surface area contributed by atoms with Gasteiger partial charge in [0, 0.05) is 6.04 Å². The van der Waals surface area contributed by atoms with Gasteiger partial charge in [-0.25, -0.2) is 4.79 Å². The van der Waals surface area contributed by atoms with Crippen molar-refractivity contribution < 1.29 is 14.3 Å². The summed E-state index contributed by atoms with van der Waals surface area (Å²) < 4.78 is 5.53. The van der Waals surface area contributed by atoms with Crippen LogP contribution in [0.3, 0.4) is 0 Å². The molecule has 1 fully saturated rings. The van der Waals surface area contributed by atoms with Crippen LogP contribution in [-0.2, 0) is 0 Å². The van der Waals surface area contributed by atoms with E-state index in [9.17, 15) is 9.59 Å². The molecule has 2 amide bonds. The lowest BCUT2D eigenvalue weighted by Crippen LogP contribution is -2.43. The zero-order valence-corrected chi connectivity index (χ0v) is 16.0. The molecule has 1 aromatic heterocycles. The van der Waals surface area contributed by atoms with Gasteiger partial charge in [-0.15, -0.1) is 5.10 Å². The Morgan fingerprint density at radius 3 is 2.73 bits per heavy atom. The fourth-order valence-corrected chi connectivity index (χ4v) is 3.12. The summed E-state index contributed by atoms with van der Waals surface area (Å²) in [6.45, 7) is 1.71. The Labute approximate surface area is 163 Å². The summed E-state index contributed by atoms with van der Waals surface area (Å²) >= 11 is 9.28. The quantitative estimate of drug-likeness (QED) is 0.582. The smallest absolute Gasteiger partial charge is 0.388 e. The summed E-state index contributed by atoms with van der Waals surface area (Å²) in [7, 11) is 0. The predicted octanol–water partition coefficient (Wildman–Crippen LogP) is 2.92. The molecule has 8 nitrogen and oxygen atoms in total. The maximum absolute atomic E-state index is 12.3. The lowest BCUT2D eigenvalue weighted by atomic mass is 10.1. The number of benzene rings is 1. The number of amides is 2. The number of halogens is 2. The number of carbonyl (C=O) groups excluding carboxylic acids is 2. The zero-order chi connectivity index (χ0) is 18.5. The molecule has 1 aromatic carbocycles. The first-order valence-electron chi connectivity index (χ1n) is 8.03. The Kier molecular flexibility index (Phi) is 6.12. The molecule has 1 aliphatic rings. The second-order valence-corrected chi connectivity index (χ2v) is 6.91. The number of carbonyl (C=O) groups is 2. The predicted molar refractivity (Wildman–Crippen MR) is 101 cm³/mol. The number of nitrogens with one attached hydrogen (secondary N) is 4. The average Bonchev–Trinajstić information content (AvgIpc) is 2.96. The van der Waals surface area contributed by atoms with Crippen molar-refractivity contribution in [3.63, 3.8) is 0 Å². The third kappa shape index (κ3) is 4.54. The molecule has 4 N–H and O–H groups in total. The van der Waals surface area contributed by atoms with Gasteiger partial charge >= 0.3 is 6.09 Å². The average molecular weight is 443 g/mol. The number of anilines is 1. The van der Waals surface area contributed by atoms with E-state index in [0.29, 0.717) is 15.1 Å². The minimum atomic E-state index is -0.590. The van der Waals surface area contributed by atoms with Gasteiger partial charge in [-0.05, 0) is 54.0 Å². The normalized spacial score (nSPS) is 14.7. The third-order valence-electron chi connectivity index (χ3n) is 3.88. The first-order valence-corrected chi connectivity index (χ1v) is 9.20. The SMILES string of the molecule is O=C(NC1CCNCC1)Oc1n[nH]c(NC(=O)c2ccccc2Cl)c1Br. The molecule has 0 saturated carbocycles. The molecule has 0 spiro atoms. The maximum atomic E-state index is 12.3. The van der Waals surface area contributed by atoms with Crippen molar-refractivity contribution in [1.29, 1.82) is 0 Å². The summed E-state index contributed by atoms with van der Waals surface area (Å²) in [5.74, 6) is -0.115. The maximum Gasteiger partial charge on any atom is 0.414 e. The zero-order valence-electron chi connectivity index (χ0n) is 13.6. The van der Waals surface area contributed by atoms with Gasteiger partial charge in [0.25, 0.3) is 11.8 Å². The summed E-state index contributed by atoms with van der Waals surface area (Å²) in [5, 5.41) is 15.5. The Bertz CT molecular complexity index is 807. The van der Waals surface area contributed by atoms with E-state index in [-0.39, 0.29) is 17.7 Å². The van der Waals surface area contributed by atoms with Crippen molar-refractivity contribution in [1.82, 2.24) is 20.8 Å². The number of hydrogen-bond acceptors (Lipinski definition) is 5. The van der Waals surface area contributed by atoms with E-state index >= 15 is 0 Å². The van der Waals surface area contributed by atoms with Gasteiger partial charge in [-0.1, -0.05) is 23.7 Å². The van der Waals surface area contributed by atoms with Crippen LogP contribution in [0.15, 0.2) is 28.7 Å². The monoisotopic (exact) mass is 441 g/mol. The number of hydrogen-bond donors (Lipinski definition) is 4. The summed E-state index contributed by atoms with van der Waals surface area (Å²) in [5.41, 5.74) is 0.321. The van der Waals surface area contributed by atoms with E-state index in [2.05, 4.69) is 42.1 Å². The highest BCUT2D eigenvalue weighted by Gasteiger charge is 2.21. The van der Waals surface area contributed by atoms with Crippen molar-refractivity contribution in [3.8, 4) is 5.88 Å². The van der Waals surface area contributed by atoms with Crippen LogP contribution < -0.4 is 20.7 Å². The van der Waals surface area contributed by atoms with Crippen molar-refractivity contribution in [2.24, 2.45) is 0 Å². The minimum Gasteiger partial charge on any atom is -0.388 e. The Balaban J connectivity index is 1.61. The number of aromatic nitrogens is 2. The number of rotatable bonds is 4. The van der Waals surface area contributed by atoms with Crippen LogP contribution in [0.4, 0.5) is 10.6 Å². The molecule has 2 aromatic rings. The third-order valence-corrected chi connectivity index (χ3v) is 4.95. The number of H-pyrrole nitrogens is 1. The Morgan fingerprint density at radius 1 is 1.27 bits per heavy atom. The van der Waals surface area contributed by atoms with Crippen molar-refractivity contribution in [2.45, 2.75) is 18.9 Å². The molecular formula is C16H17BrClN5O3. The van der Waals surface area contributed by atoms with Gasteiger partial charge in [0.15, 0.2) is 0 Å². The van der Waals surface area contributed by atoms with Crippen LogP contribution in [-0.4, -0.2) is 41.3 Å². The van der Waals surface area contributed by atoms with Crippen LogP contribution in [0.25, 0.3) is 0 Å². The van der Waals surface area contributed by atoms with E-state index in [1.165, 1.54) is 0 Å². The first kappa shape index (κ1) is 18.7. The molecule has 3 rings (SSSR count). The molecule has 2 heterocycles.